The number of hydrogen-bond donors (Lipinski definition) is 3. The second kappa shape index (κ2) is 11.7. The summed E-state index contributed by atoms with van der Waals surface area (Å²) in [6.07, 6.45) is 6.05. The van der Waals surface area contributed by atoms with Crippen molar-refractivity contribution < 1.29 is 32.6 Å². The number of hydrogen-bond acceptors (Lipinski definition) is 10. The van der Waals surface area contributed by atoms with Gasteiger partial charge in [0.25, 0.3) is 5.91 Å². The third-order valence-corrected chi connectivity index (χ3v) is 9.06. The first-order valence-electron chi connectivity index (χ1n) is 14.0. The second-order valence-corrected chi connectivity index (χ2v) is 12.3. The summed E-state index contributed by atoms with van der Waals surface area (Å²) in [5.41, 5.74) is 2.20. The number of benzene rings is 2. The normalized spacial score (nSPS) is 14.9. The van der Waals surface area contributed by atoms with Crippen molar-refractivity contribution in [2.24, 2.45) is 0 Å². The molecular formula is C30H30N6O7S. The lowest BCUT2D eigenvalue weighted by Gasteiger charge is -2.19. The van der Waals surface area contributed by atoms with E-state index >= 15 is 0 Å². The third-order valence-electron chi connectivity index (χ3n) is 7.53. The molecule has 0 unspecified atom stereocenters. The Kier molecular flexibility index (Phi) is 7.78. The lowest BCUT2D eigenvalue weighted by Crippen LogP contribution is -2.28. The quantitative estimate of drug-likeness (QED) is 0.236. The van der Waals surface area contributed by atoms with Gasteiger partial charge in [-0.2, -0.15) is 4.98 Å². The Morgan fingerprint density at radius 1 is 0.977 bits per heavy atom. The van der Waals surface area contributed by atoms with E-state index in [4.69, 9.17) is 9.47 Å². The number of carbonyl (C=O) groups is 2. The first-order chi connectivity index (χ1) is 21.2. The van der Waals surface area contributed by atoms with Gasteiger partial charge in [-0.15, -0.1) is 0 Å². The highest BCUT2D eigenvalue weighted by molar-refractivity contribution is 7.89. The monoisotopic (exact) mass is 618 g/mol. The molecule has 1 saturated carbocycles. The number of likely N-dealkylation sites (tertiary alicyclic amines) is 1. The minimum absolute atomic E-state index is 0.106. The van der Waals surface area contributed by atoms with Crippen molar-refractivity contribution in [3.63, 3.8) is 0 Å². The maximum atomic E-state index is 13.5. The second-order valence-electron chi connectivity index (χ2n) is 10.6. The number of amides is 1. The van der Waals surface area contributed by atoms with E-state index < -0.39 is 16.0 Å². The Morgan fingerprint density at radius 2 is 1.73 bits per heavy atom. The van der Waals surface area contributed by atoms with Crippen molar-refractivity contribution in [2.45, 2.75) is 36.6 Å². The predicted octanol–water partition coefficient (Wildman–Crippen LogP) is 3.83. The number of nitrogens with one attached hydrogen (secondary N) is 2. The number of carboxylic acids is 1. The fourth-order valence-electron chi connectivity index (χ4n) is 5.16. The van der Waals surface area contributed by atoms with Crippen molar-refractivity contribution in [1.82, 2.24) is 24.6 Å². The summed E-state index contributed by atoms with van der Waals surface area (Å²) in [5, 5.41) is 13.4. The highest BCUT2D eigenvalue weighted by Gasteiger charge is 2.31. The number of nitrogens with zero attached hydrogens (tertiary/aromatic N) is 4. The zero-order valence-electron chi connectivity index (χ0n) is 24.0. The van der Waals surface area contributed by atoms with E-state index in [1.165, 1.54) is 38.6 Å². The number of aromatic carboxylic acids is 1. The zero-order valence-corrected chi connectivity index (χ0v) is 24.8. The average molecular weight is 619 g/mol. The Hall–Kier alpha value is -4.82. The molecule has 1 saturated heterocycles. The fraction of sp³-hybridized carbons (Fsp3) is 0.300. The molecule has 2 aliphatic rings. The van der Waals surface area contributed by atoms with E-state index in [1.54, 1.807) is 29.3 Å². The number of rotatable bonds is 10. The molecular weight excluding hydrogens is 588 g/mol. The summed E-state index contributed by atoms with van der Waals surface area (Å²) in [6.45, 7) is 1.19. The maximum Gasteiger partial charge on any atom is 0.335 e. The van der Waals surface area contributed by atoms with E-state index in [2.05, 4.69) is 25.0 Å². The number of fused-ring (bicyclic) bond motifs is 1. The molecule has 228 valence electrons. The average Bonchev–Trinajstić information content (AvgIpc) is 3.65. The smallest absolute Gasteiger partial charge is 0.335 e. The summed E-state index contributed by atoms with van der Waals surface area (Å²) in [5.74, 6) is -1.22. The Balaban J connectivity index is 1.48. The summed E-state index contributed by atoms with van der Waals surface area (Å²) in [6, 6.07) is 9.43. The van der Waals surface area contributed by atoms with Gasteiger partial charge in [-0.1, -0.05) is 12.1 Å². The van der Waals surface area contributed by atoms with Crippen molar-refractivity contribution in [1.29, 1.82) is 0 Å². The third kappa shape index (κ3) is 5.85. The van der Waals surface area contributed by atoms with Gasteiger partial charge in [-0.25, -0.2) is 22.9 Å². The van der Waals surface area contributed by atoms with Gasteiger partial charge in [-0.3, -0.25) is 9.78 Å². The number of carbonyl (C=O) groups excluding carboxylic acids is 1. The first kappa shape index (κ1) is 29.3. The summed E-state index contributed by atoms with van der Waals surface area (Å²) in [4.78, 5) is 39.7. The molecule has 3 N–H and O–H groups in total. The van der Waals surface area contributed by atoms with Gasteiger partial charge in [0.15, 0.2) is 0 Å². The van der Waals surface area contributed by atoms with Crippen LogP contribution in [0.2, 0.25) is 0 Å². The lowest BCUT2D eigenvalue weighted by molar-refractivity contribution is 0.0697. The number of methoxy groups -OCH3 is 2. The van der Waals surface area contributed by atoms with Crippen LogP contribution in [0.1, 0.15) is 46.4 Å². The van der Waals surface area contributed by atoms with Crippen LogP contribution in [0, 0.1) is 0 Å². The summed E-state index contributed by atoms with van der Waals surface area (Å²) >= 11 is 0. The highest BCUT2D eigenvalue weighted by atomic mass is 32.2. The molecule has 6 rings (SSSR count). The van der Waals surface area contributed by atoms with E-state index in [0.29, 0.717) is 35.1 Å². The van der Waals surface area contributed by atoms with Crippen LogP contribution in [-0.2, 0) is 10.0 Å². The molecule has 13 nitrogen and oxygen atoms in total. The topological polar surface area (TPSA) is 173 Å². The van der Waals surface area contributed by atoms with E-state index in [-0.39, 0.29) is 51.2 Å². The molecule has 0 atom stereocenters. The minimum atomic E-state index is -4.01. The van der Waals surface area contributed by atoms with Crippen LogP contribution in [-0.4, -0.2) is 78.6 Å². The van der Waals surface area contributed by atoms with Gasteiger partial charge < -0.3 is 24.8 Å². The van der Waals surface area contributed by atoms with Gasteiger partial charge in [0.05, 0.1) is 36.6 Å². The number of pyridine rings is 1. The molecule has 2 aromatic heterocycles. The van der Waals surface area contributed by atoms with Crippen molar-refractivity contribution >= 4 is 44.2 Å². The Morgan fingerprint density at radius 3 is 2.41 bits per heavy atom. The predicted molar refractivity (Wildman–Crippen MR) is 161 cm³/mol. The Labute approximate surface area is 253 Å². The number of carboxylic acid groups (broad SMARTS) is 1. The molecule has 44 heavy (non-hydrogen) atoms. The Bertz CT molecular complexity index is 1890. The molecule has 3 heterocycles. The van der Waals surface area contributed by atoms with Gasteiger partial charge in [0, 0.05) is 48.2 Å². The number of sulfonamides is 1. The molecule has 0 radical (unpaired) electrons. The van der Waals surface area contributed by atoms with Crippen LogP contribution < -0.4 is 19.5 Å². The molecule has 0 bridgehead atoms. The van der Waals surface area contributed by atoms with Crippen molar-refractivity contribution in [2.75, 3.05) is 32.6 Å². The van der Waals surface area contributed by atoms with E-state index in [9.17, 15) is 23.1 Å². The molecule has 1 aliphatic carbocycles. The number of anilines is 2. The molecule has 0 spiro atoms. The first-order valence-corrected chi connectivity index (χ1v) is 15.5. The lowest BCUT2D eigenvalue weighted by atomic mass is 10.0. The zero-order chi connectivity index (χ0) is 31.0. The maximum absolute atomic E-state index is 13.5. The molecule has 1 amide bonds. The molecule has 2 aromatic carbocycles. The van der Waals surface area contributed by atoms with E-state index in [0.717, 1.165) is 25.7 Å². The van der Waals surface area contributed by atoms with Crippen LogP contribution in [0.5, 0.6) is 11.9 Å². The van der Waals surface area contributed by atoms with Crippen LogP contribution in [0.15, 0.2) is 53.7 Å². The number of ether oxygens (including phenoxy) is 2. The molecule has 14 heteroatoms. The summed E-state index contributed by atoms with van der Waals surface area (Å²) < 4.78 is 40.2. The molecule has 1 aliphatic heterocycles. The van der Waals surface area contributed by atoms with Gasteiger partial charge in [0.2, 0.25) is 15.9 Å². The highest BCUT2D eigenvalue weighted by Crippen LogP contribution is 2.37. The summed E-state index contributed by atoms with van der Waals surface area (Å²) in [7, 11) is -1.08. The van der Waals surface area contributed by atoms with Crippen LogP contribution >= 0.6 is 0 Å². The minimum Gasteiger partial charge on any atom is -0.480 e. The molecule has 4 aromatic rings. The largest absolute Gasteiger partial charge is 0.480 e. The van der Waals surface area contributed by atoms with Crippen LogP contribution in [0.4, 0.5) is 11.4 Å². The van der Waals surface area contributed by atoms with Gasteiger partial charge in [-0.05, 0) is 55.5 Å². The van der Waals surface area contributed by atoms with Gasteiger partial charge >= 0.3 is 12.0 Å². The van der Waals surface area contributed by atoms with E-state index in [1.807, 2.05) is 0 Å². The fourth-order valence-corrected chi connectivity index (χ4v) is 6.58. The van der Waals surface area contributed by atoms with Gasteiger partial charge in [0.1, 0.15) is 4.90 Å². The van der Waals surface area contributed by atoms with Crippen molar-refractivity contribution in [3.8, 4) is 23.0 Å². The van der Waals surface area contributed by atoms with Crippen molar-refractivity contribution in [3.05, 3.63) is 59.9 Å². The number of aromatic nitrogens is 3. The molecule has 2 fully saturated rings. The SMILES string of the molecule is COc1ncc(-c2ccc3c(Nc4cc(C(=O)O)cc(C(=O)N5CCCC5)c4)c(S(=O)(=O)NC4CC4)cnc3c2)c(OC)n1. The standard InChI is InChI=1S/C30H30N6O7S/c1-42-27-23(15-32-30(34-27)43-2)17-5-8-22-24(14-17)31-16-25(44(40,41)35-20-6-7-20)26(22)33-21-12-18(11-19(13-21)29(38)39)28(37)36-9-3-4-10-36/h5,8,11-16,20,35H,3-4,6-7,9-10H2,1-2H3,(H,31,33)(H,38,39). The van der Waals surface area contributed by atoms with Crippen LogP contribution in [0.25, 0.3) is 22.0 Å². The van der Waals surface area contributed by atoms with Crippen LogP contribution in [0.3, 0.4) is 0 Å².